The number of carbonyl (C=O) groups is 3. The van der Waals surface area contributed by atoms with Gasteiger partial charge in [-0.1, -0.05) is 13.8 Å². The predicted octanol–water partition coefficient (Wildman–Crippen LogP) is 0.128. The van der Waals surface area contributed by atoms with E-state index in [0.717, 1.165) is 0 Å². The Hall–Kier alpha value is -1.59. The average molecular weight is 244 g/mol. The lowest BCUT2D eigenvalue weighted by Crippen LogP contribution is -2.44. The van der Waals surface area contributed by atoms with Crippen LogP contribution in [0.4, 0.5) is 0 Å². The second-order valence-corrected chi connectivity index (χ2v) is 4.81. The minimum absolute atomic E-state index is 0.0701. The number of amides is 2. The SMILES string of the molecule is CNC(=O)C(C)NC(=O)CC(C)(C)CC(=O)O. The number of carbonyl (C=O) groups excluding carboxylic acids is 2. The molecule has 0 spiro atoms. The maximum Gasteiger partial charge on any atom is 0.303 e. The zero-order valence-corrected chi connectivity index (χ0v) is 10.7. The van der Waals surface area contributed by atoms with E-state index in [9.17, 15) is 14.4 Å². The zero-order valence-electron chi connectivity index (χ0n) is 10.7. The van der Waals surface area contributed by atoms with E-state index >= 15 is 0 Å². The van der Waals surface area contributed by atoms with Gasteiger partial charge in [0, 0.05) is 13.5 Å². The molecule has 0 heterocycles. The van der Waals surface area contributed by atoms with E-state index in [0.29, 0.717) is 0 Å². The Morgan fingerprint density at radius 1 is 1.24 bits per heavy atom. The Balaban J connectivity index is 4.26. The van der Waals surface area contributed by atoms with Gasteiger partial charge in [0.05, 0.1) is 6.42 Å². The van der Waals surface area contributed by atoms with Gasteiger partial charge in [-0.15, -0.1) is 0 Å². The average Bonchev–Trinajstić information content (AvgIpc) is 2.12. The molecule has 0 rings (SSSR count). The molecular weight excluding hydrogens is 224 g/mol. The Morgan fingerprint density at radius 3 is 2.18 bits per heavy atom. The Labute approximate surface area is 101 Å². The van der Waals surface area contributed by atoms with Crippen molar-refractivity contribution >= 4 is 17.8 Å². The first-order valence-corrected chi connectivity index (χ1v) is 5.40. The maximum atomic E-state index is 11.6. The van der Waals surface area contributed by atoms with Gasteiger partial charge in [0.2, 0.25) is 11.8 Å². The summed E-state index contributed by atoms with van der Waals surface area (Å²) in [6, 6.07) is -0.617. The molecule has 1 atom stereocenters. The lowest BCUT2D eigenvalue weighted by molar-refractivity contribution is -0.140. The molecule has 0 aromatic carbocycles. The molecule has 0 saturated carbocycles. The first-order valence-electron chi connectivity index (χ1n) is 5.40. The lowest BCUT2D eigenvalue weighted by Gasteiger charge is -2.22. The smallest absolute Gasteiger partial charge is 0.303 e. The van der Waals surface area contributed by atoms with E-state index < -0.39 is 17.4 Å². The maximum absolute atomic E-state index is 11.6. The topological polar surface area (TPSA) is 95.5 Å². The molecule has 0 saturated heterocycles. The minimum Gasteiger partial charge on any atom is -0.481 e. The number of hydrogen-bond donors (Lipinski definition) is 3. The highest BCUT2D eigenvalue weighted by molar-refractivity contribution is 5.87. The van der Waals surface area contributed by atoms with Crippen LogP contribution in [0.3, 0.4) is 0 Å². The molecule has 6 heteroatoms. The highest BCUT2D eigenvalue weighted by Crippen LogP contribution is 2.24. The van der Waals surface area contributed by atoms with Gasteiger partial charge in [-0.05, 0) is 12.3 Å². The van der Waals surface area contributed by atoms with Crippen LogP contribution in [-0.2, 0) is 14.4 Å². The van der Waals surface area contributed by atoms with Crippen molar-refractivity contribution in [3.05, 3.63) is 0 Å². The largest absolute Gasteiger partial charge is 0.481 e. The molecular formula is C11H20N2O4. The standard InChI is InChI=1S/C11H20N2O4/c1-7(10(17)12-4)13-8(14)5-11(2,3)6-9(15)16/h7H,5-6H2,1-4H3,(H,12,17)(H,13,14)(H,15,16). The summed E-state index contributed by atoms with van der Waals surface area (Å²) >= 11 is 0. The Morgan fingerprint density at radius 2 is 1.76 bits per heavy atom. The quantitative estimate of drug-likeness (QED) is 0.618. The summed E-state index contributed by atoms with van der Waals surface area (Å²) in [6.45, 7) is 4.97. The molecule has 0 aliphatic heterocycles. The first-order chi connectivity index (χ1) is 7.68. The summed E-state index contributed by atoms with van der Waals surface area (Å²) in [7, 11) is 1.49. The number of hydrogen-bond acceptors (Lipinski definition) is 3. The van der Waals surface area contributed by atoms with Crippen LogP contribution in [0, 0.1) is 5.41 Å². The van der Waals surface area contributed by atoms with Gasteiger partial charge in [-0.3, -0.25) is 14.4 Å². The van der Waals surface area contributed by atoms with E-state index in [1.54, 1.807) is 20.8 Å². The molecule has 98 valence electrons. The molecule has 0 aromatic heterocycles. The van der Waals surface area contributed by atoms with Crippen LogP contribution in [0.25, 0.3) is 0 Å². The van der Waals surface area contributed by atoms with E-state index in [4.69, 9.17) is 5.11 Å². The monoisotopic (exact) mass is 244 g/mol. The molecule has 0 fully saturated rings. The number of rotatable bonds is 6. The minimum atomic E-state index is -0.942. The van der Waals surface area contributed by atoms with Gasteiger partial charge in [-0.2, -0.15) is 0 Å². The Kier molecular flexibility index (Phi) is 5.64. The van der Waals surface area contributed by atoms with Crippen LogP contribution in [0.5, 0.6) is 0 Å². The number of carboxylic acids is 1. The van der Waals surface area contributed by atoms with E-state index in [-0.39, 0.29) is 24.7 Å². The third-order valence-corrected chi connectivity index (χ3v) is 2.29. The molecule has 1 unspecified atom stereocenters. The highest BCUT2D eigenvalue weighted by atomic mass is 16.4. The third kappa shape index (κ3) is 6.55. The molecule has 2 amide bonds. The summed E-state index contributed by atoms with van der Waals surface area (Å²) in [6.07, 6.45) is -0.0184. The van der Waals surface area contributed by atoms with Gasteiger partial charge in [0.25, 0.3) is 0 Å². The van der Waals surface area contributed by atoms with Crippen molar-refractivity contribution in [3.8, 4) is 0 Å². The molecule has 0 aromatic rings. The second-order valence-electron chi connectivity index (χ2n) is 4.81. The number of carboxylic acid groups (broad SMARTS) is 1. The fraction of sp³-hybridized carbons (Fsp3) is 0.727. The fourth-order valence-corrected chi connectivity index (χ4v) is 1.48. The first kappa shape index (κ1) is 15.4. The normalized spacial score (nSPS) is 12.7. The van der Waals surface area contributed by atoms with Gasteiger partial charge in [0.1, 0.15) is 6.04 Å². The van der Waals surface area contributed by atoms with Gasteiger partial charge in [-0.25, -0.2) is 0 Å². The summed E-state index contributed by atoms with van der Waals surface area (Å²) in [5.41, 5.74) is -0.627. The van der Waals surface area contributed by atoms with Crippen LogP contribution in [-0.4, -0.2) is 36.0 Å². The molecule has 0 aliphatic rings. The fourth-order valence-electron chi connectivity index (χ4n) is 1.48. The van der Waals surface area contributed by atoms with Crippen LogP contribution in [0.2, 0.25) is 0 Å². The lowest BCUT2D eigenvalue weighted by atomic mass is 9.85. The van der Waals surface area contributed by atoms with Gasteiger partial charge in [0.15, 0.2) is 0 Å². The van der Waals surface area contributed by atoms with Crippen molar-refractivity contribution in [1.29, 1.82) is 0 Å². The van der Waals surface area contributed by atoms with Crippen molar-refractivity contribution in [2.24, 2.45) is 5.41 Å². The van der Waals surface area contributed by atoms with Gasteiger partial charge < -0.3 is 15.7 Å². The number of aliphatic carboxylic acids is 1. The predicted molar refractivity (Wildman–Crippen MR) is 62.3 cm³/mol. The van der Waals surface area contributed by atoms with Crippen molar-refractivity contribution in [2.45, 2.75) is 39.7 Å². The molecule has 3 N–H and O–H groups in total. The summed E-state index contributed by atoms with van der Waals surface area (Å²) in [5, 5.41) is 13.6. The van der Waals surface area contributed by atoms with E-state index in [2.05, 4.69) is 10.6 Å². The summed E-state index contributed by atoms with van der Waals surface area (Å²) in [4.78, 5) is 33.3. The number of nitrogens with one attached hydrogen (secondary N) is 2. The number of likely N-dealkylation sites (N-methyl/N-ethyl adjacent to an activating group) is 1. The van der Waals surface area contributed by atoms with Gasteiger partial charge >= 0.3 is 5.97 Å². The summed E-state index contributed by atoms with van der Waals surface area (Å²) < 4.78 is 0. The van der Waals surface area contributed by atoms with Crippen molar-refractivity contribution in [3.63, 3.8) is 0 Å². The van der Waals surface area contributed by atoms with Crippen molar-refractivity contribution < 1.29 is 19.5 Å². The van der Waals surface area contributed by atoms with E-state index in [1.807, 2.05) is 0 Å². The zero-order chi connectivity index (χ0) is 13.6. The van der Waals surface area contributed by atoms with Crippen LogP contribution in [0.15, 0.2) is 0 Å². The third-order valence-electron chi connectivity index (χ3n) is 2.29. The highest BCUT2D eigenvalue weighted by Gasteiger charge is 2.26. The van der Waals surface area contributed by atoms with E-state index in [1.165, 1.54) is 7.05 Å². The molecule has 0 bridgehead atoms. The van der Waals surface area contributed by atoms with Crippen LogP contribution in [0.1, 0.15) is 33.6 Å². The molecule has 0 radical (unpaired) electrons. The molecule has 17 heavy (non-hydrogen) atoms. The molecule has 6 nitrogen and oxygen atoms in total. The van der Waals surface area contributed by atoms with Crippen LogP contribution < -0.4 is 10.6 Å². The van der Waals surface area contributed by atoms with Crippen molar-refractivity contribution in [1.82, 2.24) is 10.6 Å². The van der Waals surface area contributed by atoms with Crippen LogP contribution >= 0.6 is 0 Å². The molecule has 0 aliphatic carbocycles. The second kappa shape index (κ2) is 6.22. The Bertz CT molecular complexity index is 313. The van der Waals surface area contributed by atoms with Crippen molar-refractivity contribution in [2.75, 3.05) is 7.05 Å². The summed E-state index contributed by atoms with van der Waals surface area (Å²) in [5.74, 6) is -1.55.